The Morgan fingerprint density at radius 2 is 1.94 bits per heavy atom. The summed E-state index contributed by atoms with van der Waals surface area (Å²) >= 11 is 1.12. The van der Waals surface area contributed by atoms with Crippen molar-refractivity contribution in [1.29, 1.82) is 0 Å². The lowest BCUT2D eigenvalue weighted by Gasteiger charge is -2.09. The van der Waals surface area contributed by atoms with Crippen molar-refractivity contribution >= 4 is 11.3 Å². The first-order chi connectivity index (χ1) is 8.20. The van der Waals surface area contributed by atoms with E-state index in [0.29, 0.717) is 11.6 Å². The lowest BCUT2D eigenvalue weighted by molar-refractivity contribution is -0.141. The number of thiazole rings is 1. The van der Waals surface area contributed by atoms with Crippen LogP contribution in [0.1, 0.15) is 29.4 Å². The van der Waals surface area contributed by atoms with Crippen molar-refractivity contribution in [2.45, 2.75) is 39.2 Å². The van der Waals surface area contributed by atoms with Gasteiger partial charge in [-0.15, -0.1) is 11.3 Å². The molecule has 0 fully saturated rings. The molecule has 104 valence electrons. The molecule has 0 aromatic carbocycles. The molecular formula is C11H18F3N3S. The molecule has 0 amide bonds. The van der Waals surface area contributed by atoms with Crippen molar-refractivity contribution in [3.8, 4) is 0 Å². The lowest BCUT2D eigenvalue weighted by Crippen LogP contribution is -2.23. The maximum Gasteiger partial charge on any atom is 0.434 e. The van der Waals surface area contributed by atoms with E-state index >= 15 is 0 Å². The summed E-state index contributed by atoms with van der Waals surface area (Å²) in [7, 11) is 3.61. The second-order valence-electron chi connectivity index (χ2n) is 4.65. The normalized spacial score (nSPS) is 12.7. The Bertz CT molecular complexity index is 385. The Balaban J connectivity index is 2.94. The van der Waals surface area contributed by atoms with Crippen LogP contribution in [0.5, 0.6) is 0 Å². The molecule has 1 heterocycles. The highest BCUT2D eigenvalue weighted by molar-refractivity contribution is 7.11. The van der Waals surface area contributed by atoms with Crippen LogP contribution in [0.2, 0.25) is 0 Å². The Morgan fingerprint density at radius 1 is 1.33 bits per heavy atom. The van der Waals surface area contributed by atoms with Crippen LogP contribution in [0.3, 0.4) is 0 Å². The fourth-order valence-corrected chi connectivity index (χ4v) is 2.53. The zero-order chi connectivity index (χ0) is 13.9. The van der Waals surface area contributed by atoms with Crippen molar-refractivity contribution in [1.82, 2.24) is 15.2 Å². The van der Waals surface area contributed by atoms with Gasteiger partial charge in [-0.25, -0.2) is 4.98 Å². The maximum atomic E-state index is 12.8. The van der Waals surface area contributed by atoms with Crippen LogP contribution in [-0.2, 0) is 19.3 Å². The van der Waals surface area contributed by atoms with Crippen LogP contribution in [0, 0.1) is 0 Å². The number of rotatable bonds is 5. The van der Waals surface area contributed by atoms with Crippen molar-refractivity contribution in [2.24, 2.45) is 0 Å². The van der Waals surface area contributed by atoms with Crippen molar-refractivity contribution in [3.05, 3.63) is 15.6 Å². The summed E-state index contributed by atoms with van der Waals surface area (Å²) in [6, 6.07) is 0.144. The molecule has 0 bridgehead atoms. The molecular weight excluding hydrogens is 263 g/mol. The van der Waals surface area contributed by atoms with Gasteiger partial charge in [-0.1, -0.05) is 13.8 Å². The van der Waals surface area contributed by atoms with Gasteiger partial charge in [0.2, 0.25) is 0 Å². The smallest absolute Gasteiger partial charge is 0.310 e. The van der Waals surface area contributed by atoms with E-state index in [0.717, 1.165) is 11.3 Å². The molecule has 0 saturated heterocycles. The van der Waals surface area contributed by atoms with Crippen LogP contribution in [0.15, 0.2) is 0 Å². The highest BCUT2D eigenvalue weighted by Gasteiger charge is 2.37. The number of hydrogen-bond acceptors (Lipinski definition) is 4. The molecule has 3 nitrogen and oxygen atoms in total. The summed E-state index contributed by atoms with van der Waals surface area (Å²) in [5.74, 6) is 0. The zero-order valence-corrected chi connectivity index (χ0v) is 11.7. The summed E-state index contributed by atoms with van der Waals surface area (Å²) in [6.45, 7) is 4.43. The lowest BCUT2D eigenvalue weighted by atomic mass is 10.3. The van der Waals surface area contributed by atoms with Crippen LogP contribution in [-0.4, -0.2) is 30.0 Å². The standard InChI is InChI=1S/C11H18F3N3S/c1-7(2)15-5-8-10(11(12,13)14)16-9(18-8)6-17(3)4/h7,15H,5-6H2,1-4H3. The average molecular weight is 281 g/mol. The van der Waals surface area contributed by atoms with E-state index in [9.17, 15) is 13.2 Å². The molecule has 0 atom stereocenters. The number of nitrogens with one attached hydrogen (secondary N) is 1. The van der Waals surface area contributed by atoms with Crippen molar-refractivity contribution < 1.29 is 13.2 Å². The minimum Gasteiger partial charge on any atom is -0.310 e. The zero-order valence-electron chi connectivity index (χ0n) is 10.9. The molecule has 18 heavy (non-hydrogen) atoms. The predicted molar refractivity (Wildman–Crippen MR) is 66.5 cm³/mol. The van der Waals surface area contributed by atoms with Crippen LogP contribution in [0.25, 0.3) is 0 Å². The van der Waals surface area contributed by atoms with E-state index < -0.39 is 11.9 Å². The topological polar surface area (TPSA) is 28.2 Å². The van der Waals surface area contributed by atoms with Gasteiger partial charge in [0.1, 0.15) is 5.01 Å². The van der Waals surface area contributed by atoms with E-state index in [2.05, 4.69) is 10.3 Å². The number of nitrogens with zero attached hydrogens (tertiary/aromatic N) is 2. The largest absolute Gasteiger partial charge is 0.434 e. The van der Waals surface area contributed by atoms with E-state index in [1.165, 1.54) is 0 Å². The first-order valence-corrected chi connectivity index (χ1v) is 6.45. The molecule has 0 radical (unpaired) electrons. The average Bonchev–Trinajstić information content (AvgIpc) is 2.56. The summed E-state index contributed by atoms with van der Waals surface area (Å²) in [5.41, 5.74) is -0.752. The first kappa shape index (κ1) is 15.4. The van der Waals surface area contributed by atoms with E-state index in [4.69, 9.17) is 0 Å². The number of hydrogen-bond donors (Lipinski definition) is 1. The van der Waals surface area contributed by atoms with Crippen molar-refractivity contribution in [2.75, 3.05) is 14.1 Å². The quantitative estimate of drug-likeness (QED) is 0.899. The Morgan fingerprint density at radius 3 is 2.39 bits per heavy atom. The summed E-state index contributed by atoms with van der Waals surface area (Å²) < 4.78 is 38.5. The summed E-state index contributed by atoms with van der Waals surface area (Å²) in [6.07, 6.45) is -4.38. The SMILES string of the molecule is CC(C)NCc1sc(CN(C)C)nc1C(F)(F)F. The fourth-order valence-electron chi connectivity index (χ4n) is 1.38. The van der Waals surface area contributed by atoms with Gasteiger partial charge in [0.05, 0.1) is 4.88 Å². The highest BCUT2D eigenvalue weighted by atomic mass is 32.1. The molecule has 1 aromatic heterocycles. The third-order valence-corrected chi connectivity index (χ3v) is 3.17. The van der Waals surface area contributed by atoms with Gasteiger partial charge >= 0.3 is 6.18 Å². The molecule has 0 unspecified atom stereocenters. The van der Waals surface area contributed by atoms with Gasteiger partial charge in [-0.2, -0.15) is 13.2 Å². The van der Waals surface area contributed by atoms with Gasteiger partial charge in [0.15, 0.2) is 5.69 Å². The third kappa shape index (κ3) is 4.55. The first-order valence-electron chi connectivity index (χ1n) is 5.64. The van der Waals surface area contributed by atoms with Gasteiger partial charge in [0, 0.05) is 19.1 Å². The molecule has 1 aromatic rings. The van der Waals surface area contributed by atoms with Crippen LogP contribution < -0.4 is 5.32 Å². The number of alkyl halides is 3. The second kappa shape index (κ2) is 5.99. The van der Waals surface area contributed by atoms with Crippen LogP contribution in [0.4, 0.5) is 13.2 Å². The number of halogens is 3. The second-order valence-corrected chi connectivity index (χ2v) is 5.82. The van der Waals surface area contributed by atoms with E-state index in [1.54, 1.807) is 19.0 Å². The minimum atomic E-state index is -4.38. The Kier molecular flexibility index (Phi) is 5.12. The molecule has 0 aliphatic rings. The van der Waals surface area contributed by atoms with Crippen molar-refractivity contribution in [3.63, 3.8) is 0 Å². The highest BCUT2D eigenvalue weighted by Crippen LogP contribution is 2.34. The Labute approximate surface area is 109 Å². The molecule has 0 aliphatic carbocycles. The monoisotopic (exact) mass is 281 g/mol. The van der Waals surface area contributed by atoms with Gasteiger partial charge in [-0.05, 0) is 14.1 Å². The van der Waals surface area contributed by atoms with Gasteiger partial charge in [0.25, 0.3) is 0 Å². The molecule has 1 rings (SSSR count). The third-order valence-electron chi connectivity index (χ3n) is 2.13. The van der Waals surface area contributed by atoms with Gasteiger partial charge < -0.3 is 10.2 Å². The summed E-state index contributed by atoms with van der Waals surface area (Å²) in [4.78, 5) is 5.77. The molecule has 1 N–H and O–H groups in total. The van der Waals surface area contributed by atoms with Gasteiger partial charge in [-0.3, -0.25) is 0 Å². The molecule has 7 heteroatoms. The number of aromatic nitrogens is 1. The molecule has 0 aliphatic heterocycles. The van der Waals surface area contributed by atoms with Crippen LogP contribution >= 0.6 is 11.3 Å². The van der Waals surface area contributed by atoms with E-state index in [1.807, 2.05) is 13.8 Å². The predicted octanol–water partition coefficient (Wildman–Crippen LogP) is 2.72. The molecule has 0 spiro atoms. The Hall–Kier alpha value is -0.660. The minimum absolute atomic E-state index is 0.144. The summed E-state index contributed by atoms with van der Waals surface area (Å²) in [5, 5.41) is 3.49. The van der Waals surface area contributed by atoms with E-state index in [-0.39, 0.29) is 17.5 Å². The fraction of sp³-hybridized carbons (Fsp3) is 0.727. The molecule has 0 saturated carbocycles. The maximum absolute atomic E-state index is 12.8.